The van der Waals surface area contributed by atoms with Crippen molar-refractivity contribution in [3.05, 3.63) is 84.4 Å². The van der Waals surface area contributed by atoms with Gasteiger partial charge in [0.15, 0.2) is 0 Å². The summed E-state index contributed by atoms with van der Waals surface area (Å²) in [5.41, 5.74) is 2.28. The van der Waals surface area contributed by atoms with Crippen LogP contribution in [0.2, 0.25) is 0 Å². The molecule has 0 N–H and O–H groups in total. The third-order valence-electron chi connectivity index (χ3n) is 2.90. The molecule has 0 aliphatic heterocycles. The summed E-state index contributed by atoms with van der Waals surface area (Å²) in [6, 6.07) is 20.2. The van der Waals surface area contributed by atoms with Gasteiger partial charge in [0.1, 0.15) is 6.54 Å². The number of hydrogen-bond donors (Lipinski definition) is 0. The van der Waals surface area contributed by atoms with Crippen molar-refractivity contribution >= 4 is 6.21 Å². The molecule has 0 aliphatic rings. The van der Waals surface area contributed by atoms with E-state index < -0.39 is 0 Å². The predicted octanol–water partition coefficient (Wildman–Crippen LogP) is 2.10. The van der Waals surface area contributed by atoms with E-state index in [1.165, 1.54) is 5.56 Å². The molecule has 0 atom stereocenters. The van der Waals surface area contributed by atoms with Crippen LogP contribution in [0.15, 0.2) is 78.4 Å². The molecule has 1 aromatic heterocycles. The Bertz CT molecular complexity index is 687. The van der Waals surface area contributed by atoms with Crippen molar-refractivity contribution in [3.8, 4) is 0 Å². The van der Waals surface area contributed by atoms with Gasteiger partial charge in [-0.25, -0.2) is 0 Å². The number of rotatable bonds is 4. The average Bonchev–Trinajstić information content (AvgIpc) is 2.95. The Labute approximate surface area is 117 Å². The van der Waals surface area contributed by atoms with E-state index >= 15 is 0 Å². The molecule has 0 fully saturated rings. The summed E-state index contributed by atoms with van der Waals surface area (Å²) in [4.78, 5) is 0. The van der Waals surface area contributed by atoms with Crippen LogP contribution < -0.4 is 4.68 Å². The lowest BCUT2D eigenvalue weighted by atomic mass is 10.2. The minimum absolute atomic E-state index is 0.745. The van der Waals surface area contributed by atoms with E-state index in [0.717, 1.165) is 12.1 Å². The summed E-state index contributed by atoms with van der Waals surface area (Å²) in [5.74, 6) is 0. The molecular formula is C16H15N4+. The van der Waals surface area contributed by atoms with Gasteiger partial charge < -0.3 is 0 Å². The Balaban J connectivity index is 1.70. The highest BCUT2D eigenvalue weighted by Gasteiger charge is 2.05. The Morgan fingerprint density at radius 3 is 2.45 bits per heavy atom. The van der Waals surface area contributed by atoms with Gasteiger partial charge >= 0.3 is 0 Å². The highest BCUT2D eigenvalue weighted by molar-refractivity contribution is 5.78. The van der Waals surface area contributed by atoms with Crippen LogP contribution in [0, 0.1) is 0 Å². The summed E-state index contributed by atoms with van der Waals surface area (Å²) in [5, 5.41) is 8.64. The summed E-state index contributed by atoms with van der Waals surface area (Å²) in [6.45, 7) is 0.745. The molecule has 0 saturated heterocycles. The second kappa shape index (κ2) is 5.93. The van der Waals surface area contributed by atoms with Crippen molar-refractivity contribution in [2.75, 3.05) is 0 Å². The molecular weight excluding hydrogens is 248 g/mol. The van der Waals surface area contributed by atoms with Gasteiger partial charge in [-0.05, 0) is 11.1 Å². The van der Waals surface area contributed by atoms with Crippen LogP contribution in [0.4, 0.5) is 0 Å². The van der Waals surface area contributed by atoms with E-state index in [0.29, 0.717) is 0 Å². The zero-order chi connectivity index (χ0) is 13.6. The first-order chi connectivity index (χ1) is 9.90. The van der Waals surface area contributed by atoms with Crippen LogP contribution in [-0.4, -0.2) is 16.0 Å². The lowest BCUT2D eigenvalue weighted by Crippen LogP contribution is -2.24. The predicted molar refractivity (Wildman–Crippen MR) is 77.4 cm³/mol. The highest BCUT2D eigenvalue weighted by atomic mass is 15.5. The minimum atomic E-state index is 0.745. The zero-order valence-electron chi connectivity index (χ0n) is 11.0. The average molecular weight is 263 g/mol. The van der Waals surface area contributed by atoms with Gasteiger partial charge in [-0.2, -0.15) is 0 Å². The fraction of sp³-hybridized carbons (Fsp3) is 0.0625. The number of hydrogen-bond acceptors (Lipinski definition) is 2. The lowest BCUT2D eigenvalue weighted by Gasteiger charge is -1.93. The van der Waals surface area contributed by atoms with Crippen molar-refractivity contribution in [1.29, 1.82) is 0 Å². The van der Waals surface area contributed by atoms with Gasteiger partial charge in [-0.3, -0.25) is 0 Å². The maximum atomic E-state index is 4.35. The number of benzene rings is 2. The first-order valence-electron chi connectivity index (χ1n) is 6.47. The molecule has 0 unspecified atom stereocenters. The van der Waals surface area contributed by atoms with Crippen LogP contribution in [0.25, 0.3) is 0 Å². The van der Waals surface area contributed by atoms with Gasteiger partial charge in [0.25, 0.3) is 6.33 Å². The molecule has 4 heteroatoms. The monoisotopic (exact) mass is 263 g/mol. The van der Waals surface area contributed by atoms with Crippen molar-refractivity contribution in [3.63, 3.8) is 0 Å². The van der Waals surface area contributed by atoms with Crippen molar-refractivity contribution in [2.24, 2.45) is 5.10 Å². The molecule has 3 aromatic rings. The van der Waals surface area contributed by atoms with E-state index in [2.05, 4.69) is 22.3 Å². The Hall–Kier alpha value is -2.75. The Morgan fingerprint density at radius 1 is 1.00 bits per heavy atom. The second-order valence-electron chi connectivity index (χ2n) is 4.46. The van der Waals surface area contributed by atoms with Crippen LogP contribution in [0.3, 0.4) is 0 Å². The van der Waals surface area contributed by atoms with E-state index in [1.807, 2.05) is 65.8 Å². The quantitative estimate of drug-likeness (QED) is 0.524. The van der Waals surface area contributed by atoms with Crippen LogP contribution in [0.5, 0.6) is 0 Å². The smallest absolute Gasteiger partial charge is 0.113 e. The van der Waals surface area contributed by atoms with Crippen molar-refractivity contribution < 1.29 is 4.68 Å². The third kappa shape index (κ3) is 3.17. The SMILES string of the molecule is C(=N[n+]1cnn(Cc2ccccc2)c1)c1ccccc1. The highest BCUT2D eigenvalue weighted by Crippen LogP contribution is 1.99. The van der Waals surface area contributed by atoms with E-state index in [1.54, 1.807) is 11.0 Å². The molecule has 0 radical (unpaired) electrons. The van der Waals surface area contributed by atoms with E-state index in [-0.39, 0.29) is 0 Å². The maximum absolute atomic E-state index is 4.35. The van der Waals surface area contributed by atoms with Gasteiger partial charge in [0, 0.05) is 5.10 Å². The topological polar surface area (TPSA) is 34.1 Å². The Morgan fingerprint density at radius 2 is 1.70 bits per heavy atom. The molecule has 1 heterocycles. The Kier molecular flexibility index (Phi) is 3.64. The molecule has 3 rings (SSSR count). The zero-order valence-corrected chi connectivity index (χ0v) is 11.0. The summed E-state index contributed by atoms with van der Waals surface area (Å²) in [6.07, 6.45) is 5.38. The standard InChI is InChI=1S/C16H15N4/c1-3-7-15(8-4-1)11-17-20-13-18-19(14-20)12-16-9-5-2-6-10-16/h1-11,13-14H,12H2/q+1. The van der Waals surface area contributed by atoms with Gasteiger partial charge in [0.2, 0.25) is 6.33 Å². The molecule has 2 aromatic carbocycles. The third-order valence-corrected chi connectivity index (χ3v) is 2.90. The van der Waals surface area contributed by atoms with Gasteiger partial charge in [-0.1, -0.05) is 60.7 Å². The largest absolute Gasteiger partial charge is 0.289 e. The minimum Gasteiger partial charge on any atom is -0.113 e. The van der Waals surface area contributed by atoms with Crippen molar-refractivity contribution in [2.45, 2.75) is 6.54 Å². The fourth-order valence-corrected chi connectivity index (χ4v) is 1.90. The summed E-state index contributed by atoms with van der Waals surface area (Å²) < 4.78 is 3.56. The lowest BCUT2D eigenvalue weighted by molar-refractivity contribution is -0.679. The molecule has 0 saturated carbocycles. The molecule has 0 amide bonds. The number of aromatic nitrogens is 3. The molecule has 20 heavy (non-hydrogen) atoms. The van der Waals surface area contributed by atoms with Gasteiger partial charge in [-0.15, -0.1) is 14.5 Å². The molecule has 0 aliphatic carbocycles. The van der Waals surface area contributed by atoms with E-state index in [9.17, 15) is 0 Å². The van der Waals surface area contributed by atoms with Crippen molar-refractivity contribution in [1.82, 2.24) is 9.78 Å². The molecule has 98 valence electrons. The molecule has 0 bridgehead atoms. The van der Waals surface area contributed by atoms with Crippen LogP contribution in [0.1, 0.15) is 11.1 Å². The van der Waals surface area contributed by atoms with Crippen LogP contribution >= 0.6 is 0 Å². The van der Waals surface area contributed by atoms with Gasteiger partial charge in [0.05, 0.1) is 6.21 Å². The molecule has 4 nitrogen and oxygen atoms in total. The second-order valence-corrected chi connectivity index (χ2v) is 4.46. The maximum Gasteiger partial charge on any atom is 0.289 e. The normalized spacial score (nSPS) is 11.0. The molecule has 0 spiro atoms. The first kappa shape index (κ1) is 12.3. The fourth-order valence-electron chi connectivity index (χ4n) is 1.90. The van der Waals surface area contributed by atoms with Crippen LogP contribution in [-0.2, 0) is 6.54 Å². The number of nitrogens with zero attached hydrogens (tertiary/aromatic N) is 4. The van der Waals surface area contributed by atoms with E-state index in [4.69, 9.17) is 0 Å². The summed E-state index contributed by atoms with van der Waals surface area (Å²) >= 11 is 0. The summed E-state index contributed by atoms with van der Waals surface area (Å²) in [7, 11) is 0. The first-order valence-corrected chi connectivity index (χ1v) is 6.47.